The van der Waals surface area contributed by atoms with Gasteiger partial charge in [0.15, 0.2) is 0 Å². The average Bonchev–Trinajstić information content (AvgIpc) is 2.96. The second-order valence-corrected chi connectivity index (χ2v) is 4.81. The van der Waals surface area contributed by atoms with Gasteiger partial charge in [0.25, 0.3) is 0 Å². The maximum absolute atomic E-state index is 6.23. The molecule has 2 N–H and O–H groups in total. The molecule has 3 heteroatoms. The van der Waals surface area contributed by atoms with Crippen molar-refractivity contribution < 1.29 is 0 Å². The van der Waals surface area contributed by atoms with E-state index < -0.39 is 0 Å². The van der Waals surface area contributed by atoms with Gasteiger partial charge in [-0.1, -0.05) is 13.0 Å². The maximum atomic E-state index is 6.23. The highest BCUT2D eigenvalue weighted by molar-refractivity contribution is 5.83. The van der Waals surface area contributed by atoms with Gasteiger partial charge in [0, 0.05) is 18.0 Å². The highest BCUT2D eigenvalue weighted by Crippen LogP contribution is 2.43. The SMILES string of the molecule is CCc1nn(C)c2ccc(C3(N)CC3)cc12. The van der Waals surface area contributed by atoms with Gasteiger partial charge in [0.2, 0.25) is 0 Å². The van der Waals surface area contributed by atoms with Crippen LogP contribution in [-0.2, 0) is 19.0 Å². The average molecular weight is 215 g/mol. The fraction of sp³-hybridized carbons (Fsp3) is 0.462. The third kappa shape index (κ3) is 1.28. The number of aryl methyl sites for hydroxylation is 2. The zero-order valence-electron chi connectivity index (χ0n) is 9.83. The molecule has 2 aromatic rings. The standard InChI is InChI=1S/C13H17N3/c1-3-11-10-8-9(13(14)6-7-13)4-5-12(10)16(2)15-11/h4-5,8H,3,6-7,14H2,1-2H3. The van der Waals surface area contributed by atoms with Crippen LogP contribution in [0.3, 0.4) is 0 Å². The molecular formula is C13H17N3. The third-order valence-corrected chi connectivity index (χ3v) is 3.63. The monoisotopic (exact) mass is 215 g/mol. The minimum atomic E-state index is -0.0466. The second kappa shape index (κ2) is 3.08. The fourth-order valence-electron chi connectivity index (χ4n) is 2.33. The molecule has 0 radical (unpaired) electrons. The maximum Gasteiger partial charge on any atom is 0.0700 e. The van der Waals surface area contributed by atoms with Crippen LogP contribution in [0.4, 0.5) is 0 Å². The quantitative estimate of drug-likeness (QED) is 0.833. The number of hydrogen-bond donors (Lipinski definition) is 1. The van der Waals surface area contributed by atoms with E-state index in [4.69, 9.17) is 5.73 Å². The summed E-state index contributed by atoms with van der Waals surface area (Å²) in [7, 11) is 2.00. The summed E-state index contributed by atoms with van der Waals surface area (Å²) < 4.78 is 1.95. The Bertz CT molecular complexity index is 550. The molecule has 0 aliphatic heterocycles. The van der Waals surface area contributed by atoms with Crippen LogP contribution in [0.5, 0.6) is 0 Å². The highest BCUT2D eigenvalue weighted by Gasteiger charge is 2.40. The molecular weight excluding hydrogens is 198 g/mol. The summed E-state index contributed by atoms with van der Waals surface area (Å²) in [6.07, 6.45) is 3.19. The first kappa shape index (κ1) is 9.85. The first-order valence-corrected chi connectivity index (χ1v) is 5.89. The van der Waals surface area contributed by atoms with Crippen molar-refractivity contribution in [2.24, 2.45) is 12.8 Å². The summed E-state index contributed by atoms with van der Waals surface area (Å²) in [5.41, 5.74) is 9.82. The number of rotatable bonds is 2. The van der Waals surface area contributed by atoms with E-state index in [1.165, 1.54) is 22.2 Å². The summed E-state index contributed by atoms with van der Waals surface area (Å²) in [5, 5.41) is 5.79. The van der Waals surface area contributed by atoms with Crippen molar-refractivity contribution in [1.29, 1.82) is 0 Å². The lowest BCUT2D eigenvalue weighted by Gasteiger charge is -2.09. The largest absolute Gasteiger partial charge is 0.321 e. The minimum absolute atomic E-state index is 0.0466. The molecule has 0 spiro atoms. The molecule has 1 aliphatic carbocycles. The lowest BCUT2D eigenvalue weighted by molar-refractivity contribution is 0.741. The molecule has 3 rings (SSSR count). The molecule has 0 saturated heterocycles. The van der Waals surface area contributed by atoms with Crippen molar-refractivity contribution in [3.63, 3.8) is 0 Å². The van der Waals surface area contributed by atoms with Crippen molar-refractivity contribution in [1.82, 2.24) is 9.78 Å². The molecule has 1 fully saturated rings. The molecule has 1 aliphatic rings. The Morgan fingerprint density at radius 2 is 2.19 bits per heavy atom. The Hall–Kier alpha value is -1.35. The molecule has 0 unspecified atom stereocenters. The first-order valence-electron chi connectivity index (χ1n) is 5.89. The molecule has 3 nitrogen and oxygen atoms in total. The lowest BCUT2D eigenvalue weighted by atomic mass is 10.0. The van der Waals surface area contributed by atoms with E-state index in [9.17, 15) is 0 Å². The predicted molar refractivity (Wildman–Crippen MR) is 65.2 cm³/mol. The van der Waals surface area contributed by atoms with Gasteiger partial charge in [0.1, 0.15) is 0 Å². The van der Waals surface area contributed by atoms with Crippen LogP contribution < -0.4 is 5.73 Å². The number of nitrogens with zero attached hydrogens (tertiary/aromatic N) is 2. The summed E-state index contributed by atoms with van der Waals surface area (Å²) in [5.74, 6) is 0. The normalized spacial score (nSPS) is 17.9. The van der Waals surface area contributed by atoms with Gasteiger partial charge in [-0.05, 0) is 37.0 Å². The van der Waals surface area contributed by atoms with Crippen LogP contribution in [0.25, 0.3) is 10.9 Å². The van der Waals surface area contributed by atoms with Crippen molar-refractivity contribution in [2.75, 3.05) is 0 Å². The number of nitrogens with two attached hydrogens (primary N) is 1. The van der Waals surface area contributed by atoms with E-state index in [2.05, 4.69) is 30.2 Å². The summed E-state index contributed by atoms with van der Waals surface area (Å²) in [6, 6.07) is 6.52. The Balaban J connectivity index is 2.23. The zero-order valence-corrected chi connectivity index (χ0v) is 9.83. The summed E-state index contributed by atoms with van der Waals surface area (Å²) in [4.78, 5) is 0. The Morgan fingerprint density at radius 3 is 2.81 bits per heavy atom. The molecule has 84 valence electrons. The third-order valence-electron chi connectivity index (χ3n) is 3.63. The van der Waals surface area contributed by atoms with Gasteiger partial charge in [-0.3, -0.25) is 4.68 Å². The smallest absolute Gasteiger partial charge is 0.0700 e. The molecule has 16 heavy (non-hydrogen) atoms. The second-order valence-electron chi connectivity index (χ2n) is 4.81. The van der Waals surface area contributed by atoms with Gasteiger partial charge in [-0.15, -0.1) is 0 Å². The van der Waals surface area contributed by atoms with Crippen LogP contribution in [0.1, 0.15) is 31.0 Å². The van der Waals surface area contributed by atoms with E-state index in [-0.39, 0.29) is 5.54 Å². The highest BCUT2D eigenvalue weighted by atomic mass is 15.3. The van der Waals surface area contributed by atoms with Crippen LogP contribution in [0.2, 0.25) is 0 Å². The van der Waals surface area contributed by atoms with E-state index >= 15 is 0 Å². The van der Waals surface area contributed by atoms with Crippen LogP contribution in [-0.4, -0.2) is 9.78 Å². The van der Waals surface area contributed by atoms with Crippen molar-refractivity contribution in [2.45, 2.75) is 31.7 Å². The van der Waals surface area contributed by atoms with E-state index in [1.54, 1.807) is 0 Å². The van der Waals surface area contributed by atoms with Crippen LogP contribution in [0.15, 0.2) is 18.2 Å². The zero-order chi connectivity index (χ0) is 11.3. The van der Waals surface area contributed by atoms with E-state index in [0.29, 0.717) is 0 Å². The summed E-state index contributed by atoms with van der Waals surface area (Å²) in [6.45, 7) is 2.14. The van der Waals surface area contributed by atoms with Crippen LogP contribution in [0, 0.1) is 0 Å². The molecule has 1 heterocycles. The van der Waals surface area contributed by atoms with Gasteiger partial charge >= 0.3 is 0 Å². The number of hydrogen-bond acceptors (Lipinski definition) is 2. The Morgan fingerprint density at radius 1 is 1.44 bits per heavy atom. The fourth-order valence-corrected chi connectivity index (χ4v) is 2.33. The van der Waals surface area contributed by atoms with Gasteiger partial charge in [-0.2, -0.15) is 5.10 Å². The molecule has 0 bridgehead atoms. The number of aromatic nitrogens is 2. The number of fused-ring (bicyclic) bond motifs is 1. The van der Waals surface area contributed by atoms with E-state index in [0.717, 1.165) is 19.3 Å². The molecule has 0 atom stereocenters. The van der Waals surface area contributed by atoms with Gasteiger partial charge in [0.05, 0.1) is 11.2 Å². The minimum Gasteiger partial charge on any atom is -0.321 e. The van der Waals surface area contributed by atoms with Crippen molar-refractivity contribution in [3.8, 4) is 0 Å². The lowest BCUT2D eigenvalue weighted by Crippen LogP contribution is -2.18. The molecule has 0 amide bonds. The van der Waals surface area contributed by atoms with Crippen molar-refractivity contribution >= 4 is 10.9 Å². The number of benzene rings is 1. The predicted octanol–water partition coefficient (Wildman–Crippen LogP) is 2.08. The first-order chi connectivity index (χ1) is 7.64. The topological polar surface area (TPSA) is 43.8 Å². The molecule has 1 aromatic heterocycles. The Labute approximate surface area is 95.2 Å². The molecule has 1 aromatic carbocycles. The van der Waals surface area contributed by atoms with Crippen molar-refractivity contribution in [3.05, 3.63) is 29.5 Å². The summed E-state index contributed by atoms with van der Waals surface area (Å²) >= 11 is 0. The van der Waals surface area contributed by atoms with Gasteiger partial charge < -0.3 is 5.73 Å². The van der Waals surface area contributed by atoms with E-state index in [1.807, 2.05) is 11.7 Å². The Kier molecular flexibility index (Phi) is 1.89. The molecule has 1 saturated carbocycles. The van der Waals surface area contributed by atoms with Crippen LogP contribution >= 0.6 is 0 Å². The van der Waals surface area contributed by atoms with Gasteiger partial charge in [-0.25, -0.2) is 0 Å².